The van der Waals surface area contributed by atoms with Crippen LogP contribution in [0, 0.1) is 0 Å². The van der Waals surface area contributed by atoms with Crippen molar-refractivity contribution in [2.24, 2.45) is 5.73 Å². The number of para-hydroxylation sites is 2. The van der Waals surface area contributed by atoms with Gasteiger partial charge in [0, 0.05) is 53.8 Å². The van der Waals surface area contributed by atoms with Gasteiger partial charge in [-0.15, -0.1) is 0 Å². The summed E-state index contributed by atoms with van der Waals surface area (Å²) in [6.07, 6.45) is 15.0. The second-order valence-electron chi connectivity index (χ2n) is 12.5. The average Bonchev–Trinajstić information content (AvgIpc) is 3.27. The average molecular weight is 663 g/mol. The van der Waals surface area contributed by atoms with E-state index in [0.29, 0.717) is 0 Å². The SMILES string of the molecule is CN1/C(=C/C=C2\CCCC(/C=C/C3=[N+](C)c4ccccc4C3(C)C)=C2NCCCCN)C(C)(C)c2ccccc21.[I-]. The maximum Gasteiger partial charge on any atom is 0.209 e. The molecule has 0 amide bonds. The number of likely N-dealkylation sites (N-methyl/N-ethyl adjacent to an activating group) is 1. The Morgan fingerprint density at radius 2 is 1.61 bits per heavy atom. The van der Waals surface area contributed by atoms with Crippen molar-refractivity contribution in [1.82, 2.24) is 5.32 Å². The number of halogens is 1. The van der Waals surface area contributed by atoms with Crippen molar-refractivity contribution in [3.05, 3.63) is 107 Å². The van der Waals surface area contributed by atoms with Gasteiger partial charge in [-0.2, -0.15) is 4.58 Å². The number of nitrogens with one attached hydrogen (secondary N) is 1. The minimum Gasteiger partial charge on any atom is -1.00 e. The van der Waals surface area contributed by atoms with E-state index in [9.17, 15) is 0 Å². The number of anilines is 1. The molecule has 2 aromatic carbocycles. The molecule has 1 aliphatic carbocycles. The molecule has 2 aromatic rings. The number of hydrogen-bond acceptors (Lipinski definition) is 3. The molecule has 0 fully saturated rings. The van der Waals surface area contributed by atoms with E-state index >= 15 is 0 Å². The summed E-state index contributed by atoms with van der Waals surface area (Å²) in [5.74, 6) is 0. The molecule has 0 saturated carbocycles. The molecule has 5 rings (SSSR count). The van der Waals surface area contributed by atoms with Gasteiger partial charge in [-0.25, -0.2) is 0 Å². The first-order valence-corrected chi connectivity index (χ1v) is 15.0. The van der Waals surface area contributed by atoms with E-state index in [1.165, 1.54) is 50.8 Å². The molecule has 2 heterocycles. The normalized spacial score (nSPS) is 21.1. The Morgan fingerprint density at radius 1 is 0.902 bits per heavy atom. The fourth-order valence-corrected chi connectivity index (χ4v) is 6.93. The largest absolute Gasteiger partial charge is 1.00 e. The molecule has 0 saturated heterocycles. The Bertz CT molecular complexity index is 1440. The topological polar surface area (TPSA) is 44.3 Å². The molecule has 4 nitrogen and oxygen atoms in total. The van der Waals surface area contributed by atoms with Crippen LogP contribution in [-0.4, -0.2) is 37.5 Å². The second-order valence-corrected chi connectivity index (χ2v) is 12.5. The minimum atomic E-state index is -0.0253. The van der Waals surface area contributed by atoms with Gasteiger partial charge in [-0.1, -0.05) is 62.4 Å². The summed E-state index contributed by atoms with van der Waals surface area (Å²) in [6, 6.07) is 17.6. The van der Waals surface area contributed by atoms with Crippen LogP contribution in [0.25, 0.3) is 0 Å². The van der Waals surface area contributed by atoms with Crippen LogP contribution in [0.1, 0.15) is 70.9 Å². The number of hydrogen-bond donors (Lipinski definition) is 2. The minimum absolute atomic E-state index is 0. The highest BCUT2D eigenvalue weighted by Crippen LogP contribution is 2.47. The Hall–Kier alpha value is -2.64. The summed E-state index contributed by atoms with van der Waals surface area (Å²) < 4.78 is 2.36. The number of unbranched alkanes of at least 4 members (excludes halogenated alkanes) is 1. The van der Waals surface area contributed by atoms with E-state index in [1.54, 1.807) is 0 Å². The van der Waals surface area contributed by atoms with Gasteiger partial charge in [0.2, 0.25) is 5.69 Å². The molecule has 0 bridgehead atoms. The number of fused-ring (bicyclic) bond motifs is 2. The van der Waals surface area contributed by atoms with Gasteiger partial charge in [0.05, 0.1) is 5.41 Å². The number of allylic oxidation sites excluding steroid dienone is 7. The van der Waals surface area contributed by atoms with Crippen molar-refractivity contribution in [1.29, 1.82) is 0 Å². The summed E-state index contributed by atoms with van der Waals surface area (Å²) >= 11 is 0. The molecule has 41 heavy (non-hydrogen) atoms. The smallest absolute Gasteiger partial charge is 0.209 e. The number of benzene rings is 2. The third-order valence-corrected chi connectivity index (χ3v) is 9.23. The van der Waals surface area contributed by atoms with Crippen molar-refractivity contribution < 1.29 is 28.6 Å². The van der Waals surface area contributed by atoms with Crippen LogP contribution in [0.4, 0.5) is 11.4 Å². The summed E-state index contributed by atoms with van der Waals surface area (Å²) in [5, 5.41) is 3.84. The van der Waals surface area contributed by atoms with Crippen molar-refractivity contribution >= 4 is 17.1 Å². The zero-order chi connectivity index (χ0) is 28.5. The Morgan fingerprint density at radius 3 is 2.32 bits per heavy atom. The molecule has 2 aliphatic heterocycles. The van der Waals surface area contributed by atoms with Crippen molar-refractivity contribution in [2.75, 3.05) is 32.1 Å². The van der Waals surface area contributed by atoms with Crippen LogP contribution < -0.4 is 39.9 Å². The molecule has 218 valence electrons. The van der Waals surface area contributed by atoms with Crippen LogP contribution in [0.3, 0.4) is 0 Å². The number of nitrogens with two attached hydrogens (primary N) is 1. The first kappa shape index (κ1) is 31.3. The Kier molecular flexibility index (Phi) is 9.70. The van der Waals surface area contributed by atoms with Crippen molar-refractivity contribution in [3.8, 4) is 0 Å². The first-order valence-electron chi connectivity index (χ1n) is 15.0. The zero-order valence-corrected chi connectivity index (χ0v) is 27.9. The molecule has 0 radical (unpaired) electrons. The fourth-order valence-electron chi connectivity index (χ4n) is 6.93. The molecular weight excluding hydrogens is 615 g/mol. The summed E-state index contributed by atoms with van der Waals surface area (Å²) in [7, 11) is 4.40. The lowest BCUT2D eigenvalue weighted by Gasteiger charge is -2.25. The van der Waals surface area contributed by atoms with Crippen molar-refractivity contribution in [3.63, 3.8) is 0 Å². The Balaban J connectivity index is 0.00000387. The molecule has 0 atom stereocenters. The standard InChI is InChI=1S/C36H46N4.HI/c1-35(2)28-16-7-9-18-30(28)39(5)32(35)22-20-26-14-13-15-27(34(26)38-25-12-11-24-37)21-23-33-36(3,4)29-17-8-10-19-31(29)40(33)6;/h7-10,16-23H,11-15,24-25,37H2,1-6H3;1H/b26-20+,32-22+;. The zero-order valence-electron chi connectivity index (χ0n) is 25.7. The summed E-state index contributed by atoms with van der Waals surface area (Å²) in [6.45, 7) is 11.0. The molecule has 3 aliphatic rings. The lowest BCUT2D eigenvalue weighted by molar-refractivity contribution is -0.401. The third kappa shape index (κ3) is 5.85. The lowest BCUT2D eigenvalue weighted by atomic mass is 9.81. The highest BCUT2D eigenvalue weighted by atomic mass is 127. The summed E-state index contributed by atoms with van der Waals surface area (Å²) in [5.41, 5.74) is 18.0. The van der Waals surface area contributed by atoms with E-state index in [-0.39, 0.29) is 34.8 Å². The van der Waals surface area contributed by atoms with Crippen LogP contribution in [0.5, 0.6) is 0 Å². The highest BCUT2D eigenvalue weighted by Gasteiger charge is 2.42. The lowest BCUT2D eigenvalue weighted by Crippen LogP contribution is -3.00. The van der Waals surface area contributed by atoms with Crippen LogP contribution in [0.15, 0.2) is 95.4 Å². The molecule has 5 heteroatoms. The van der Waals surface area contributed by atoms with E-state index in [2.05, 4.69) is 129 Å². The van der Waals surface area contributed by atoms with Crippen LogP contribution >= 0.6 is 0 Å². The molecule has 3 N–H and O–H groups in total. The van der Waals surface area contributed by atoms with Crippen molar-refractivity contribution in [2.45, 2.75) is 70.6 Å². The van der Waals surface area contributed by atoms with Gasteiger partial charge >= 0.3 is 0 Å². The van der Waals surface area contributed by atoms with Crippen LogP contribution in [0.2, 0.25) is 0 Å². The van der Waals surface area contributed by atoms with E-state index in [1.807, 2.05) is 0 Å². The third-order valence-electron chi connectivity index (χ3n) is 9.23. The predicted octanol–water partition coefficient (Wildman–Crippen LogP) is 4.26. The maximum absolute atomic E-state index is 5.80. The maximum atomic E-state index is 5.80. The van der Waals surface area contributed by atoms with E-state index in [4.69, 9.17) is 5.73 Å². The van der Waals surface area contributed by atoms with Gasteiger partial charge in [0.1, 0.15) is 7.05 Å². The summed E-state index contributed by atoms with van der Waals surface area (Å²) in [4.78, 5) is 2.36. The molecule has 0 unspecified atom stereocenters. The number of nitrogens with zero attached hydrogens (tertiary/aromatic N) is 2. The van der Waals surface area contributed by atoms with Gasteiger partial charge in [-0.05, 0) is 81.3 Å². The van der Waals surface area contributed by atoms with E-state index in [0.717, 1.165) is 45.2 Å². The van der Waals surface area contributed by atoms with Gasteiger partial charge in [0.15, 0.2) is 5.71 Å². The quantitative estimate of drug-likeness (QED) is 0.253. The van der Waals surface area contributed by atoms with Gasteiger partial charge in [0.25, 0.3) is 0 Å². The predicted molar refractivity (Wildman–Crippen MR) is 171 cm³/mol. The van der Waals surface area contributed by atoms with E-state index < -0.39 is 0 Å². The number of rotatable bonds is 8. The molecular formula is C36H47IN4. The molecule has 0 spiro atoms. The second kappa shape index (κ2) is 12.7. The monoisotopic (exact) mass is 662 g/mol. The molecule has 0 aromatic heterocycles. The first-order chi connectivity index (χ1) is 19.2. The van der Waals surface area contributed by atoms with Gasteiger partial charge in [-0.3, -0.25) is 0 Å². The highest BCUT2D eigenvalue weighted by molar-refractivity contribution is 6.03. The Labute approximate surface area is 264 Å². The van der Waals surface area contributed by atoms with Gasteiger partial charge < -0.3 is 39.9 Å². The fraction of sp³-hybridized carbons (Fsp3) is 0.417. The van der Waals surface area contributed by atoms with Crippen LogP contribution in [-0.2, 0) is 10.8 Å².